The predicted octanol–water partition coefficient (Wildman–Crippen LogP) is 1.13. The molecule has 0 fully saturated rings. The quantitative estimate of drug-likeness (QED) is 0.434. The van der Waals surface area contributed by atoms with Crippen molar-refractivity contribution in [2.75, 3.05) is 6.61 Å². The number of aromatic nitrogens is 4. The topological polar surface area (TPSA) is 105 Å². The third-order valence-electron chi connectivity index (χ3n) is 5.81. The predicted molar refractivity (Wildman–Crippen MR) is 113 cm³/mol. The van der Waals surface area contributed by atoms with E-state index in [1.54, 1.807) is 6.07 Å². The van der Waals surface area contributed by atoms with Gasteiger partial charge in [-0.05, 0) is 42.9 Å². The van der Waals surface area contributed by atoms with Crippen LogP contribution in [0.5, 0.6) is 0 Å². The summed E-state index contributed by atoms with van der Waals surface area (Å²) in [6.07, 6.45) is 5.69. The second kappa shape index (κ2) is 8.33. The molecule has 1 aliphatic carbocycles. The van der Waals surface area contributed by atoms with E-state index in [-0.39, 0.29) is 36.5 Å². The first kappa shape index (κ1) is 20.8. The Morgan fingerprint density at radius 2 is 1.81 bits per heavy atom. The molecule has 0 saturated carbocycles. The van der Waals surface area contributed by atoms with Crippen LogP contribution in [0.2, 0.25) is 0 Å². The molecule has 31 heavy (non-hydrogen) atoms. The second-order valence-corrected chi connectivity index (χ2v) is 7.84. The number of nitrogens with zero attached hydrogens (tertiary/aromatic N) is 4. The van der Waals surface area contributed by atoms with Gasteiger partial charge in [0.1, 0.15) is 0 Å². The van der Waals surface area contributed by atoms with Crippen molar-refractivity contribution in [1.29, 1.82) is 0 Å². The monoisotopic (exact) mass is 424 g/mol. The Labute approximate surface area is 177 Å². The maximum atomic E-state index is 12.4. The number of Topliss-reactive ketones (excluding diaryl/α,β-unsaturated/α-hetero) is 1. The average Bonchev–Trinajstić information content (AvgIpc) is 3.22. The summed E-state index contributed by atoms with van der Waals surface area (Å²) in [6.45, 7) is -0.172. The molecular formula is C22H24N4O5. The molecule has 1 aromatic carbocycles. The van der Waals surface area contributed by atoms with E-state index in [0.29, 0.717) is 5.56 Å². The summed E-state index contributed by atoms with van der Waals surface area (Å²) < 4.78 is 8.94. The number of rotatable bonds is 6. The molecule has 1 aliphatic rings. The van der Waals surface area contributed by atoms with E-state index in [1.165, 1.54) is 47.1 Å². The lowest BCUT2D eigenvalue weighted by molar-refractivity contribution is -0.142. The number of hydrogen-bond acceptors (Lipinski definition) is 6. The summed E-state index contributed by atoms with van der Waals surface area (Å²) >= 11 is 0. The minimum absolute atomic E-state index is 0.0328. The molecule has 0 unspecified atom stereocenters. The molecule has 162 valence electrons. The van der Waals surface area contributed by atoms with Crippen molar-refractivity contribution in [2.45, 2.75) is 38.6 Å². The molecule has 0 spiro atoms. The van der Waals surface area contributed by atoms with Gasteiger partial charge in [-0.25, -0.2) is 9.78 Å². The van der Waals surface area contributed by atoms with Crippen LogP contribution in [-0.2, 0) is 43.0 Å². The highest BCUT2D eigenvalue weighted by Gasteiger charge is 2.17. The SMILES string of the molecule is Cn1c(=O)c2c(ncn2CCC(=O)OCC(=O)c2ccc3c(c2)CCCC3)n(C)c1=O. The summed E-state index contributed by atoms with van der Waals surface area (Å²) in [5, 5.41) is 0. The van der Waals surface area contributed by atoms with Gasteiger partial charge in [-0.1, -0.05) is 12.1 Å². The minimum atomic E-state index is -0.546. The minimum Gasteiger partial charge on any atom is -0.457 e. The molecule has 0 radical (unpaired) electrons. The standard InChI is InChI=1S/C22H24N4O5/c1-24-20-19(21(29)25(2)22(24)30)26(13-23-20)10-9-18(28)31-12-17(27)16-8-7-14-5-3-4-6-15(14)11-16/h7-8,11,13H,3-6,9-10,12H2,1-2H3. The van der Waals surface area contributed by atoms with Crippen molar-refractivity contribution in [2.24, 2.45) is 14.1 Å². The van der Waals surface area contributed by atoms with Crippen molar-refractivity contribution in [3.63, 3.8) is 0 Å². The van der Waals surface area contributed by atoms with Crippen LogP contribution >= 0.6 is 0 Å². The average molecular weight is 424 g/mol. The van der Waals surface area contributed by atoms with Crippen LogP contribution in [0.1, 0.15) is 40.7 Å². The fourth-order valence-electron chi connectivity index (χ4n) is 3.99. The second-order valence-electron chi connectivity index (χ2n) is 7.84. The maximum Gasteiger partial charge on any atom is 0.332 e. The molecule has 9 nitrogen and oxygen atoms in total. The Hall–Kier alpha value is -3.49. The van der Waals surface area contributed by atoms with Crippen LogP contribution in [0.4, 0.5) is 0 Å². The third-order valence-corrected chi connectivity index (χ3v) is 5.81. The molecule has 0 atom stereocenters. The molecule has 0 saturated heterocycles. The summed E-state index contributed by atoms with van der Waals surface area (Å²) in [6, 6.07) is 5.68. The smallest absolute Gasteiger partial charge is 0.332 e. The summed E-state index contributed by atoms with van der Waals surface area (Å²) in [5.74, 6) is -0.784. The van der Waals surface area contributed by atoms with E-state index in [9.17, 15) is 19.2 Å². The van der Waals surface area contributed by atoms with Crippen LogP contribution < -0.4 is 11.2 Å². The molecule has 3 aromatic rings. The summed E-state index contributed by atoms with van der Waals surface area (Å²) in [7, 11) is 2.92. The number of imidazole rings is 1. The van der Waals surface area contributed by atoms with Crippen LogP contribution in [-0.4, -0.2) is 37.0 Å². The van der Waals surface area contributed by atoms with E-state index < -0.39 is 17.2 Å². The molecule has 4 rings (SSSR count). The molecule has 2 aromatic heterocycles. The third kappa shape index (κ3) is 3.95. The van der Waals surface area contributed by atoms with Crippen LogP contribution in [0.3, 0.4) is 0 Å². The van der Waals surface area contributed by atoms with Gasteiger partial charge in [0.25, 0.3) is 5.56 Å². The van der Waals surface area contributed by atoms with Crippen LogP contribution in [0.25, 0.3) is 11.2 Å². The van der Waals surface area contributed by atoms with Crippen LogP contribution in [0.15, 0.2) is 34.1 Å². The number of carbonyl (C=O) groups excluding carboxylic acids is 2. The molecule has 0 aliphatic heterocycles. The van der Waals surface area contributed by atoms with E-state index in [2.05, 4.69) is 4.98 Å². The maximum absolute atomic E-state index is 12.4. The van der Waals surface area contributed by atoms with Gasteiger partial charge in [-0.2, -0.15) is 0 Å². The summed E-state index contributed by atoms with van der Waals surface area (Å²) in [5.41, 5.74) is 2.59. The van der Waals surface area contributed by atoms with Gasteiger partial charge in [0, 0.05) is 26.2 Å². The van der Waals surface area contributed by atoms with Gasteiger partial charge in [0.15, 0.2) is 23.6 Å². The number of esters is 1. The first-order chi connectivity index (χ1) is 14.9. The van der Waals surface area contributed by atoms with Gasteiger partial charge in [0.2, 0.25) is 0 Å². The van der Waals surface area contributed by atoms with Crippen molar-refractivity contribution >= 4 is 22.9 Å². The van der Waals surface area contributed by atoms with Gasteiger partial charge in [-0.3, -0.25) is 23.5 Å². The zero-order chi connectivity index (χ0) is 22.1. The molecule has 0 N–H and O–H groups in total. The number of benzene rings is 1. The zero-order valence-electron chi connectivity index (χ0n) is 17.6. The zero-order valence-corrected chi connectivity index (χ0v) is 17.6. The van der Waals surface area contributed by atoms with Crippen molar-refractivity contribution in [3.05, 3.63) is 62.1 Å². The molecule has 0 amide bonds. The largest absolute Gasteiger partial charge is 0.457 e. The normalized spacial score (nSPS) is 13.2. The van der Waals surface area contributed by atoms with Gasteiger partial charge < -0.3 is 9.30 Å². The number of hydrogen-bond donors (Lipinski definition) is 0. The Morgan fingerprint density at radius 1 is 1.06 bits per heavy atom. The number of fused-ring (bicyclic) bond motifs is 2. The molecule has 2 heterocycles. The summed E-state index contributed by atoms with van der Waals surface area (Å²) in [4.78, 5) is 53.1. The molecule has 9 heteroatoms. The van der Waals surface area contributed by atoms with E-state index >= 15 is 0 Å². The van der Waals surface area contributed by atoms with Crippen LogP contribution in [0, 0.1) is 0 Å². The van der Waals surface area contributed by atoms with E-state index in [4.69, 9.17) is 4.74 Å². The number of ketones is 1. The first-order valence-corrected chi connectivity index (χ1v) is 10.3. The fraction of sp³-hybridized carbons (Fsp3) is 0.409. The lowest BCUT2D eigenvalue weighted by Crippen LogP contribution is -2.37. The van der Waals surface area contributed by atoms with Gasteiger partial charge in [-0.15, -0.1) is 0 Å². The Morgan fingerprint density at radius 3 is 2.58 bits per heavy atom. The van der Waals surface area contributed by atoms with Crippen molar-refractivity contribution in [1.82, 2.24) is 18.7 Å². The Bertz CT molecular complexity index is 1300. The molecule has 0 bridgehead atoms. The Kier molecular flexibility index (Phi) is 5.58. The van der Waals surface area contributed by atoms with Crippen molar-refractivity contribution < 1.29 is 14.3 Å². The number of aryl methyl sites for hydroxylation is 4. The highest BCUT2D eigenvalue weighted by Crippen LogP contribution is 2.22. The van der Waals surface area contributed by atoms with E-state index in [0.717, 1.165) is 23.8 Å². The highest BCUT2D eigenvalue weighted by atomic mass is 16.5. The lowest BCUT2D eigenvalue weighted by atomic mass is 9.90. The van der Waals surface area contributed by atoms with E-state index in [1.807, 2.05) is 12.1 Å². The van der Waals surface area contributed by atoms with Crippen molar-refractivity contribution in [3.8, 4) is 0 Å². The number of ether oxygens (including phenoxy) is 1. The van der Waals surface area contributed by atoms with Gasteiger partial charge >= 0.3 is 11.7 Å². The lowest BCUT2D eigenvalue weighted by Gasteiger charge is -2.16. The fourth-order valence-corrected chi connectivity index (χ4v) is 3.99. The van der Waals surface area contributed by atoms with Gasteiger partial charge in [0.05, 0.1) is 12.7 Å². The molecular weight excluding hydrogens is 400 g/mol. The highest BCUT2D eigenvalue weighted by molar-refractivity contribution is 5.98. The first-order valence-electron chi connectivity index (χ1n) is 10.3. The number of carbonyl (C=O) groups is 2. The Balaban J connectivity index is 1.38.